The third-order valence-electron chi connectivity index (χ3n) is 8.92. The van der Waals surface area contributed by atoms with Crippen molar-refractivity contribution in [2.45, 2.75) is 37.7 Å². The predicted molar refractivity (Wildman–Crippen MR) is 197 cm³/mol. The van der Waals surface area contributed by atoms with Gasteiger partial charge < -0.3 is 30.0 Å². The summed E-state index contributed by atoms with van der Waals surface area (Å²) in [7, 11) is -4.17. The molecule has 288 valence electrons. The first kappa shape index (κ1) is 39.0. The third kappa shape index (κ3) is 10.5. The van der Waals surface area contributed by atoms with Crippen molar-refractivity contribution in [2.24, 2.45) is 0 Å². The Morgan fingerprint density at radius 1 is 0.691 bits per heavy atom. The zero-order valence-corrected chi connectivity index (χ0v) is 30.5. The van der Waals surface area contributed by atoms with Crippen LogP contribution in [0.4, 0.5) is 14.4 Å². The Morgan fingerprint density at radius 2 is 1.22 bits per heavy atom. The summed E-state index contributed by atoms with van der Waals surface area (Å²) >= 11 is 0. The number of aliphatic carboxylic acids is 1. The molecule has 55 heavy (non-hydrogen) atoms. The molecule has 0 radical (unpaired) electrons. The number of hydrogen-bond donors (Lipinski definition) is 3. The van der Waals surface area contributed by atoms with E-state index in [9.17, 15) is 28.8 Å². The Balaban J connectivity index is 0.907. The predicted octanol–water partition coefficient (Wildman–Crippen LogP) is 6.43. The van der Waals surface area contributed by atoms with Crippen LogP contribution in [0.1, 0.15) is 34.6 Å². The molecule has 3 N–H and O–H groups in total. The zero-order valence-electron chi connectivity index (χ0n) is 29.6. The Kier molecular flexibility index (Phi) is 13.1. The molecule has 3 amide bonds. The van der Waals surface area contributed by atoms with E-state index >= 15 is 0 Å². The highest BCUT2D eigenvalue weighted by Gasteiger charge is 2.43. The minimum absolute atomic E-state index is 0.00660. The van der Waals surface area contributed by atoms with Crippen molar-refractivity contribution in [3.63, 3.8) is 0 Å². The van der Waals surface area contributed by atoms with Gasteiger partial charge in [0.15, 0.2) is 0 Å². The van der Waals surface area contributed by atoms with Crippen LogP contribution in [0.2, 0.25) is 0 Å². The smallest absolute Gasteiger partial charge is 0.478 e. The lowest BCUT2D eigenvalue weighted by atomic mass is 9.98. The van der Waals surface area contributed by atoms with Gasteiger partial charge in [0.25, 0.3) is 0 Å². The maximum atomic E-state index is 13.3. The molecule has 16 heteroatoms. The molecule has 15 nitrogen and oxygen atoms in total. The molecule has 1 saturated heterocycles. The van der Waals surface area contributed by atoms with E-state index < -0.39 is 51.0 Å². The summed E-state index contributed by atoms with van der Waals surface area (Å²) in [6.45, 7) is -1.26. The van der Waals surface area contributed by atoms with Gasteiger partial charge in [0, 0.05) is 25.4 Å². The molecule has 1 aliphatic carbocycles. The first-order chi connectivity index (χ1) is 26.7. The van der Waals surface area contributed by atoms with E-state index in [1.165, 1.54) is 0 Å². The Bertz CT molecular complexity index is 1910. The van der Waals surface area contributed by atoms with E-state index in [0.29, 0.717) is 0 Å². The average molecular weight is 774 g/mol. The number of phosphoric acid groups is 1. The van der Waals surface area contributed by atoms with Crippen LogP contribution in [0.15, 0.2) is 109 Å². The molecule has 0 spiro atoms. The average Bonchev–Trinajstić information content (AvgIpc) is 3.77. The third-order valence-corrected chi connectivity index (χ3v) is 10.2. The molecule has 0 bridgehead atoms. The lowest BCUT2D eigenvalue weighted by Crippen LogP contribution is -2.41. The number of ether oxygens (including phenoxy) is 3. The maximum absolute atomic E-state index is 13.3. The highest BCUT2D eigenvalue weighted by atomic mass is 31.2. The van der Waals surface area contributed by atoms with Gasteiger partial charge in [-0.2, -0.15) is 0 Å². The van der Waals surface area contributed by atoms with Crippen LogP contribution in [-0.4, -0.2) is 79.4 Å². The number of carbonyl (C=O) groups is 4. The number of carboxylic acids is 1. The van der Waals surface area contributed by atoms with E-state index in [-0.39, 0.29) is 51.8 Å². The lowest BCUT2D eigenvalue weighted by molar-refractivity contribution is -0.141. The Hall–Kier alpha value is -5.73. The number of phosphoric ester groups is 1. The number of fused-ring (bicyclic) bond motifs is 3. The second-order valence-corrected chi connectivity index (χ2v) is 14.2. The van der Waals surface area contributed by atoms with Crippen LogP contribution >= 0.6 is 7.82 Å². The van der Waals surface area contributed by atoms with Crippen molar-refractivity contribution in [1.29, 1.82) is 0 Å². The molecule has 1 heterocycles. The monoisotopic (exact) mass is 773 g/mol. The van der Waals surface area contributed by atoms with Crippen molar-refractivity contribution in [3.05, 3.63) is 131 Å². The number of amides is 3. The van der Waals surface area contributed by atoms with Gasteiger partial charge in [0.2, 0.25) is 6.79 Å². The molecule has 1 aliphatic heterocycles. The summed E-state index contributed by atoms with van der Waals surface area (Å²) in [4.78, 5) is 51.0. The summed E-state index contributed by atoms with van der Waals surface area (Å²) in [6, 6.07) is 32.4. The first-order valence-electron chi connectivity index (χ1n) is 17.5. The summed E-state index contributed by atoms with van der Waals surface area (Å²) in [5, 5.41) is 14.7. The van der Waals surface area contributed by atoms with Gasteiger partial charge in [-0.05, 0) is 33.4 Å². The molecule has 4 aromatic rings. The quantitative estimate of drug-likeness (QED) is 0.0491. The SMILES string of the molecule is O=C(NCCNC(=O)O[C@@H]1C[C@@H](C(=O)O)N(C(=O)OCC2c3ccccc3-c3ccccc32)C1)OCOP(=O)(OCc1ccccc1)OCc1ccccc1. The van der Waals surface area contributed by atoms with Gasteiger partial charge in [-0.1, -0.05) is 109 Å². The minimum atomic E-state index is -4.17. The number of likely N-dealkylation sites (tertiary alicyclic amines) is 1. The summed E-state index contributed by atoms with van der Waals surface area (Å²) < 4.78 is 45.5. The first-order valence-corrected chi connectivity index (χ1v) is 19.0. The van der Waals surface area contributed by atoms with E-state index in [2.05, 4.69) is 10.6 Å². The van der Waals surface area contributed by atoms with Crippen LogP contribution in [0.3, 0.4) is 0 Å². The standard InChI is InChI=1S/C39H40N3O12P/c43-36(44)35-21-29(22-42(35)39(47)49-25-34-32-17-9-7-15-30(32)31-16-8-10-18-33(31)34)54-38(46)41-20-19-40-37(45)50-26-53-55(48,51-23-27-11-3-1-4-12-27)52-24-28-13-5-2-6-14-28/h1-18,29,34-35H,19-26H2,(H,40,45)(H,41,46)(H,43,44)/t29-,35+/m1/s1. The van der Waals surface area contributed by atoms with Crippen molar-refractivity contribution in [3.8, 4) is 11.1 Å². The van der Waals surface area contributed by atoms with Crippen LogP contribution in [0.5, 0.6) is 0 Å². The molecule has 0 aromatic heterocycles. The highest BCUT2D eigenvalue weighted by Crippen LogP contribution is 2.51. The van der Waals surface area contributed by atoms with Gasteiger partial charge in [-0.3, -0.25) is 13.9 Å². The van der Waals surface area contributed by atoms with Gasteiger partial charge in [0.1, 0.15) is 18.8 Å². The number of hydrogen-bond acceptors (Lipinski definition) is 11. The number of alkyl carbamates (subject to hydrolysis) is 2. The van der Waals surface area contributed by atoms with Crippen molar-refractivity contribution in [1.82, 2.24) is 15.5 Å². The van der Waals surface area contributed by atoms with Gasteiger partial charge >= 0.3 is 32.1 Å². The molecular weight excluding hydrogens is 733 g/mol. The molecule has 6 rings (SSSR count). The fraction of sp³-hybridized carbons (Fsp3) is 0.282. The number of benzene rings is 4. The molecule has 1 fully saturated rings. The number of nitrogens with one attached hydrogen (secondary N) is 2. The normalized spacial score (nSPS) is 16.1. The fourth-order valence-corrected chi connectivity index (χ4v) is 7.30. The van der Waals surface area contributed by atoms with E-state index in [1.54, 1.807) is 48.5 Å². The van der Waals surface area contributed by atoms with Crippen molar-refractivity contribution >= 4 is 32.1 Å². The van der Waals surface area contributed by atoms with Gasteiger partial charge in [-0.15, -0.1) is 0 Å². The maximum Gasteiger partial charge on any atom is 0.478 e. The number of carbonyl (C=O) groups excluding carboxylic acids is 3. The molecule has 0 unspecified atom stereocenters. The second-order valence-electron chi connectivity index (χ2n) is 12.6. The van der Waals surface area contributed by atoms with E-state index in [1.807, 2.05) is 60.7 Å². The number of carboxylic acid groups (broad SMARTS) is 1. The van der Waals surface area contributed by atoms with E-state index in [0.717, 1.165) is 38.3 Å². The lowest BCUT2D eigenvalue weighted by Gasteiger charge is -2.22. The van der Waals surface area contributed by atoms with E-state index in [4.69, 9.17) is 27.8 Å². The second kappa shape index (κ2) is 18.5. The molecule has 4 aromatic carbocycles. The van der Waals surface area contributed by atoms with Gasteiger partial charge in [0.05, 0.1) is 19.8 Å². The highest BCUT2D eigenvalue weighted by molar-refractivity contribution is 7.48. The topological polar surface area (TPSA) is 188 Å². The Labute approximate surface area is 317 Å². The van der Waals surface area contributed by atoms with Gasteiger partial charge in [-0.25, -0.2) is 28.3 Å². The number of nitrogens with zero attached hydrogens (tertiary/aromatic N) is 1. The molecule has 2 atom stereocenters. The van der Waals surface area contributed by atoms with Crippen molar-refractivity contribution < 1.29 is 56.6 Å². The molecule has 2 aliphatic rings. The molecular formula is C39H40N3O12P. The van der Waals surface area contributed by atoms with Crippen LogP contribution in [-0.2, 0) is 50.4 Å². The zero-order chi connectivity index (χ0) is 38.6. The fourth-order valence-electron chi connectivity index (χ4n) is 6.28. The minimum Gasteiger partial charge on any atom is -0.480 e. The summed E-state index contributed by atoms with van der Waals surface area (Å²) in [5.74, 6) is -1.47. The van der Waals surface area contributed by atoms with Crippen LogP contribution < -0.4 is 10.6 Å². The van der Waals surface area contributed by atoms with Crippen molar-refractivity contribution in [2.75, 3.05) is 33.0 Å². The molecule has 0 saturated carbocycles. The largest absolute Gasteiger partial charge is 0.480 e. The number of rotatable bonds is 16. The Morgan fingerprint density at radius 3 is 1.78 bits per heavy atom. The van der Waals surface area contributed by atoms with Crippen LogP contribution in [0, 0.1) is 0 Å². The summed E-state index contributed by atoms with van der Waals surface area (Å²) in [6.07, 6.45) is -3.69. The van der Waals surface area contributed by atoms with Crippen LogP contribution in [0.25, 0.3) is 11.1 Å². The summed E-state index contributed by atoms with van der Waals surface area (Å²) in [5.41, 5.74) is 5.59.